The van der Waals surface area contributed by atoms with E-state index in [1.807, 2.05) is 11.5 Å². The van der Waals surface area contributed by atoms with E-state index in [1.165, 1.54) is 4.31 Å². The Labute approximate surface area is 116 Å². The summed E-state index contributed by atoms with van der Waals surface area (Å²) in [6.45, 7) is 3.59. The molecule has 1 aliphatic rings. The molecule has 0 radical (unpaired) electrons. The Kier molecular flexibility index (Phi) is 4.44. The summed E-state index contributed by atoms with van der Waals surface area (Å²) in [7, 11) is -4.37. The third-order valence-electron chi connectivity index (χ3n) is 3.29. The molecule has 8 heteroatoms. The zero-order valence-electron chi connectivity index (χ0n) is 10.9. The minimum atomic E-state index is -3.48. The second-order valence-electron chi connectivity index (χ2n) is 4.41. The predicted molar refractivity (Wildman–Crippen MR) is 74.6 cm³/mol. The zero-order valence-corrected chi connectivity index (χ0v) is 12.5. The van der Waals surface area contributed by atoms with Crippen LogP contribution in [0.2, 0.25) is 0 Å². The number of rotatable bonds is 4. The van der Waals surface area contributed by atoms with Crippen molar-refractivity contribution in [1.82, 2.24) is 8.87 Å². The van der Waals surface area contributed by atoms with Crippen LogP contribution in [0.15, 0.2) is 17.2 Å². The van der Waals surface area contributed by atoms with Crippen molar-refractivity contribution in [2.45, 2.75) is 24.9 Å². The lowest BCUT2D eigenvalue weighted by Crippen LogP contribution is -2.41. The number of aromatic nitrogens is 1. The molecule has 2 N–H and O–H groups in total. The van der Waals surface area contributed by atoms with Crippen molar-refractivity contribution < 1.29 is 12.6 Å². The van der Waals surface area contributed by atoms with Crippen molar-refractivity contribution in [2.75, 3.05) is 24.6 Å². The molecule has 0 bridgehead atoms. The maximum absolute atomic E-state index is 12.5. The first kappa shape index (κ1) is 14.7. The summed E-state index contributed by atoms with van der Waals surface area (Å²) in [5, 5.41) is 0. The fourth-order valence-corrected chi connectivity index (χ4v) is 4.93. The van der Waals surface area contributed by atoms with Crippen LogP contribution < -0.4 is 5.73 Å². The van der Waals surface area contributed by atoms with Gasteiger partial charge in [0.1, 0.15) is 4.90 Å². The normalized spacial score (nSPS) is 18.8. The van der Waals surface area contributed by atoms with Gasteiger partial charge in [-0.2, -0.15) is 4.31 Å². The van der Waals surface area contributed by atoms with Gasteiger partial charge < -0.3 is 10.3 Å². The number of nitrogens with two attached hydrogens (primary N) is 1. The molecule has 0 saturated carbocycles. The van der Waals surface area contributed by atoms with Gasteiger partial charge in [0.25, 0.3) is 0 Å². The quantitative estimate of drug-likeness (QED) is 0.829. The first-order valence-corrected chi connectivity index (χ1v) is 9.16. The summed E-state index contributed by atoms with van der Waals surface area (Å²) >= 11 is 0. The Balaban J connectivity index is 2.29. The minimum absolute atomic E-state index is 0.280. The van der Waals surface area contributed by atoms with E-state index in [0.717, 1.165) is 5.69 Å². The van der Waals surface area contributed by atoms with Crippen LogP contribution in [0.3, 0.4) is 0 Å². The van der Waals surface area contributed by atoms with E-state index in [-0.39, 0.29) is 4.90 Å². The lowest BCUT2D eigenvalue weighted by molar-refractivity contribution is 0.438. The van der Waals surface area contributed by atoms with Crippen molar-refractivity contribution in [2.24, 2.45) is 5.73 Å². The molecule has 0 aliphatic carbocycles. The molecule has 2 rings (SSSR count). The van der Waals surface area contributed by atoms with Crippen LogP contribution in [0.4, 0.5) is 0 Å². The highest BCUT2D eigenvalue weighted by molar-refractivity contribution is 7.89. The van der Waals surface area contributed by atoms with Crippen LogP contribution in [0.1, 0.15) is 12.6 Å². The Morgan fingerprint density at radius 1 is 1.37 bits per heavy atom. The molecule has 0 unspecified atom stereocenters. The molecule has 1 aromatic heterocycles. The van der Waals surface area contributed by atoms with E-state index in [0.29, 0.717) is 37.7 Å². The molecule has 1 fully saturated rings. The summed E-state index contributed by atoms with van der Waals surface area (Å²) in [6, 6.07) is 1.63. The van der Waals surface area contributed by atoms with Gasteiger partial charge in [0.15, 0.2) is 0 Å². The van der Waals surface area contributed by atoms with Gasteiger partial charge in [-0.25, -0.2) is 8.42 Å². The van der Waals surface area contributed by atoms with Crippen LogP contribution in [0.25, 0.3) is 0 Å². The second-order valence-corrected chi connectivity index (χ2v) is 8.04. The highest BCUT2D eigenvalue weighted by atomic mass is 32.2. The predicted octanol–water partition coefficient (Wildman–Crippen LogP) is -0.280. The van der Waals surface area contributed by atoms with Crippen molar-refractivity contribution >= 4 is 20.8 Å². The monoisotopic (exact) mass is 305 g/mol. The van der Waals surface area contributed by atoms with Gasteiger partial charge in [0.05, 0.1) is 0 Å². The third kappa shape index (κ3) is 2.91. The van der Waals surface area contributed by atoms with Crippen LogP contribution in [0.5, 0.6) is 0 Å². The van der Waals surface area contributed by atoms with E-state index in [4.69, 9.17) is 5.73 Å². The SMILES string of the molecule is CCn1cc(S(=O)(=O)N2CCS(=O)CC2)cc1CN. The van der Waals surface area contributed by atoms with E-state index in [9.17, 15) is 12.6 Å². The van der Waals surface area contributed by atoms with Crippen LogP contribution >= 0.6 is 0 Å². The van der Waals surface area contributed by atoms with Crippen molar-refractivity contribution in [1.29, 1.82) is 0 Å². The molecular weight excluding hydrogens is 286 g/mol. The average Bonchev–Trinajstić information content (AvgIpc) is 2.83. The van der Waals surface area contributed by atoms with E-state index in [2.05, 4.69) is 0 Å². The van der Waals surface area contributed by atoms with Crippen molar-refractivity contribution in [3.05, 3.63) is 18.0 Å². The summed E-state index contributed by atoms with van der Waals surface area (Å²) in [5.41, 5.74) is 6.42. The molecule has 6 nitrogen and oxygen atoms in total. The van der Waals surface area contributed by atoms with Gasteiger partial charge in [-0.05, 0) is 13.0 Å². The van der Waals surface area contributed by atoms with Crippen LogP contribution in [0, 0.1) is 0 Å². The topological polar surface area (TPSA) is 85.4 Å². The zero-order chi connectivity index (χ0) is 14.0. The maximum atomic E-state index is 12.5. The first-order valence-electron chi connectivity index (χ1n) is 6.23. The molecule has 2 heterocycles. The number of hydrogen-bond donors (Lipinski definition) is 1. The largest absolute Gasteiger partial charge is 0.349 e. The van der Waals surface area contributed by atoms with Crippen LogP contribution in [-0.4, -0.2) is 46.1 Å². The highest BCUT2D eigenvalue weighted by Gasteiger charge is 2.29. The smallest absolute Gasteiger partial charge is 0.244 e. The molecule has 0 spiro atoms. The molecule has 0 atom stereocenters. The number of aryl methyl sites for hydroxylation is 1. The Hall–Kier alpha value is -0.700. The van der Waals surface area contributed by atoms with Crippen molar-refractivity contribution in [3.63, 3.8) is 0 Å². The summed E-state index contributed by atoms with van der Waals surface area (Å²) < 4.78 is 39.5. The molecular formula is C11H19N3O3S2. The van der Waals surface area contributed by atoms with E-state index < -0.39 is 20.8 Å². The molecule has 19 heavy (non-hydrogen) atoms. The van der Waals surface area contributed by atoms with Crippen LogP contribution in [-0.2, 0) is 33.9 Å². The summed E-state index contributed by atoms with van der Waals surface area (Å²) in [4.78, 5) is 0.280. The Morgan fingerprint density at radius 2 is 2.00 bits per heavy atom. The third-order valence-corrected chi connectivity index (χ3v) is 6.42. The number of sulfonamides is 1. The lowest BCUT2D eigenvalue weighted by Gasteiger charge is -2.24. The lowest BCUT2D eigenvalue weighted by atomic mass is 10.4. The second kappa shape index (κ2) is 5.74. The van der Waals surface area contributed by atoms with Gasteiger partial charge in [0.2, 0.25) is 10.0 Å². The molecule has 108 valence electrons. The highest BCUT2D eigenvalue weighted by Crippen LogP contribution is 2.20. The first-order chi connectivity index (χ1) is 8.98. The summed E-state index contributed by atoms with van der Waals surface area (Å²) in [5.74, 6) is 0.828. The molecule has 1 aliphatic heterocycles. The Bertz CT molecular complexity index is 549. The number of hydrogen-bond acceptors (Lipinski definition) is 4. The van der Waals surface area contributed by atoms with E-state index >= 15 is 0 Å². The van der Waals surface area contributed by atoms with Crippen molar-refractivity contribution in [3.8, 4) is 0 Å². The fraction of sp³-hybridized carbons (Fsp3) is 0.636. The average molecular weight is 305 g/mol. The minimum Gasteiger partial charge on any atom is -0.349 e. The van der Waals surface area contributed by atoms with Gasteiger partial charge in [0, 0.05) is 60.4 Å². The molecule has 0 amide bonds. The summed E-state index contributed by atoms with van der Waals surface area (Å²) in [6.07, 6.45) is 1.63. The maximum Gasteiger partial charge on any atom is 0.244 e. The standard InChI is InChI=1S/C11H19N3O3S2/c1-2-13-9-11(7-10(13)8-12)19(16,17)14-3-5-18(15)6-4-14/h7,9H,2-6,8,12H2,1H3. The molecule has 1 saturated heterocycles. The van der Waals surface area contributed by atoms with E-state index in [1.54, 1.807) is 12.3 Å². The fourth-order valence-electron chi connectivity index (χ4n) is 2.14. The van der Waals surface area contributed by atoms with Gasteiger partial charge >= 0.3 is 0 Å². The van der Waals surface area contributed by atoms with Gasteiger partial charge in [-0.3, -0.25) is 4.21 Å². The van der Waals surface area contributed by atoms with Gasteiger partial charge in [-0.1, -0.05) is 0 Å². The van der Waals surface area contributed by atoms with Gasteiger partial charge in [-0.15, -0.1) is 0 Å². The number of nitrogens with zero attached hydrogens (tertiary/aromatic N) is 2. The molecule has 0 aromatic carbocycles. The molecule has 1 aromatic rings. The Morgan fingerprint density at radius 3 is 2.47 bits per heavy atom.